The highest BCUT2D eigenvalue weighted by molar-refractivity contribution is 7.89. The van der Waals surface area contributed by atoms with Gasteiger partial charge in [0.2, 0.25) is 15.9 Å². The molecule has 0 saturated carbocycles. The zero-order valence-corrected chi connectivity index (χ0v) is 15.6. The van der Waals surface area contributed by atoms with Crippen molar-refractivity contribution in [3.63, 3.8) is 0 Å². The molecule has 1 aromatic rings. The van der Waals surface area contributed by atoms with Gasteiger partial charge in [0, 0.05) is 19.7 Å². The van der Waals surface area contributed by atoms with Gasteiger partial charge in [-0.25, -0.2) is 8.42 Å². The van der Waals surface area contributed by atoms with Crippen molar-refractivity contribution in [2.45, 2.75) is 38.2 Å². The molecule has 2 amide bonds. The summed E-state index contributed by atoms with van der Waals surface area (Å²) in [6.45, 7) is 5.35. The van der Waals surface area contributed by atoms with Crippen molar-refractivity contribution < 1.29 is 22.7 Å². The van der Waals surface area contributed by atoms with Gasteiger partial charge in [-0.1, -0.05) is 6.92 Å². The van der Waals surface area contributed by atoms with E-state index >= 15 is 0 Å². The molecule has 0 radical (unpaired) electrons. The number of fused-ring (bicyclic) bond motifs is 1. The molecule has 0 fully saturated rings. The monoisotopic (exact) mass is 369 g/mol. The van der Waals surface area contributed by atoms with Crippen LogP contribution in [0.2, 0.25) is 0 Å². The first kappa shape index (κ1) is 19.2. The van der Waals surface area contributed by atoms with E-state index in [1.165, 1.54) is 13.1 Å². The molecule has 1 atom stereocenters. The van der Waals surface area contributed by atoms with E-state index in [9.17, 15) is 18.0 Å². The zero-order chi connectivity index (χ0) is 18.8. The van der Waals surface area contributed by atoms with Crippen molar-refractivity contribution in [1.29, 1.82) is 0 Å². The molecular weight excluding hydrogens is 346 g/mol. The SMILES string of the molecule is CCCNC(=O)CN(C)S(=O)(=O)c1cc2c(cc1C)NC(=O)[C@H](C)O2. The van der Waals surface area contributed by atoms with Crippen molar-refractivity contribution in [2.75, 3.05) is 25.5 Å². The number of likely N-dealkylation sites (N-methyl/N-ethyl adjacent to an activating group) is 1. The summed E-state index contributed by atoms with van der Waals surface area (Å²) in [4.78, 5) is 23.5. The second kappa shape index (κ2) is 7.40. The van der Waals surface area contributed by atoms with Gasteiger partial charge in [0.25, 0.3) is 5.91 Å². The Balaban J connectivity index is 2.29. The zero-order valence-electron chi connectivity index (χ0n) is 14.8. The van der Waals surface area contributed by atoms with Gasteiger partial charge in [0.1, 0.15) is 5.75 Å². The van der Waals surface area contributed by atoms with Gasteiger partial charge in [-0.2, -0.15) is 4.31 Å². The first-order valence-electron chi connectivity index (χ1n) is 8.02. The number of aryl methyl sites for hydroxylation is 1. The average molecular weight is 369 g/mol. The van der Waals surface area contributed by atoms with E-state index in [1.807, 2.05) is 6.92 Å². The molecule has 1 aromatic carbocycles. The van der Waals surface area contributed by atoms with E-state index in [0.717, 1.165) is 10.7 Å². The van der Waals surface area contributed by atoms with Crippen LogP contribution in [0.25, 0.3) is 0 Å². The smallest absolute Gasteiger partial charge is 0.265 e. The lowest BCUT2D eigenvalue weighted by atomic mass is 10.1. The third-order valence-corrected chi connectivity index (χ3v) is 5.78. The van der Waals surface area contributed by atoms with E-state index in [0.29, 0.717) is 23.5 Å². The maximum absolute atomic E-state index is 12.8. The van der Waals surface area contributed by atoms with Crippen molar-refractivity contribution in [1.82, 2.24) is 9.62 Å². The quantitative estimate of drug-likeness (QED) is 0.774. The van der Waals surface area contributed by atoms with Gasteiger partial charge < -0.3 is 15.4 Å². The topological polar surface area (TPSA) is 105 Å². The van der Waals surface area contributed by atoms with E-state index < -0.39 is 16.1 Å². The van der Waals surface area contributed by atoms with Crippen molar-refractivity contribution in [2.24, 2.45) is 0 Å². The average Bonchev–Trinajstić information content (AvgIpc) is 2.53. The van der Waals surface area contributed by atoms with Crippen LogP contribution in [0, 0.1) is 6.92 Å². The highest BCUT2D eigenvalue weighted by atomic mass is 32.2. The number of anilines is 1. The van der Waals surface area contributed by atoms with E-state index in [4.69, 9.17) is 4.74 Å². The minimum Gasteiger partial charge on any atom is -0.479 e. The minimum atomic E-state index is -3.87. The molecule has 0 aliphatic carbocycles. The standard InChI is InChI=1S/C16H23N3O5S/c1-5-6-17-15(20)9-19(4)25(22,23)14-8-13-12(7-10(14)2)18-16(21)11(3)24-13/h7-8,11H,5-6,9H2,1-4H3,(H,17,20)(H,18,21)/t11-/m0/s1. The highest BCUT2D eigenvalue weighted by Gasteiger charge is 2.29. The number of ether oxygens (including phenoxy) is 1. The summed E-state index contributed by atoms with van der Waals surface area (Å²) in [6.07, 6.45) is 0.0659. The lowest BCUT2D eigenvalue weighted by molar-refractivity contribution is -0.123. The molecule has 1 aliphatic heterocycles. The summed E-state index contributed by atoms with van der Waals surface area (Å²) >= 11 is 0. The predicted octanol–water partition coefficient (Wildman–Crippen LogP) is 0.861. The summed E-state index contributed by atoms with van der Waals surface area (Å²) in [6, 6.07) is 2.94. The minimum absolute atomic E-state index is 0.0420. The fraction of sp³-hybridized carbons (Fsp3) is 0.500. The molecule has 0 unspecified atom stereocenters. The summed E-state index contributed by atoms with van der Waals surface area (Å²) in [7, 11) is -2.52. The van der Waals surface area contributed by atoms with Crippen LogP contribution in [-0.4, -0.2) is 50.8 Å². The summed E-state index contributed by atoms with van der Waals surface area (Å²) < 4.78 is 32.1. The molecule has 1 aliphatic rings. The number of nitrogens with one attached hydrogen (secondary N) is 2. The van der Waals surface area contributed by atoms with Crippen molar-refractivity contribution >= 4 is 27.5 Å². The Bertz CT molecular complexity index is 791. The van der Waals surface area contributed by atoms with Crippen LogP contribution in [0.3, 0.4) is 0 Å². The van der Waals surface area contributed by atoms with Crippen LogP contribution < -0.4 is 15.4 Å². The van der Waals surface area contributed by atoms with Crippen molar-refractivity contribution in [3.05, 3.63) is 17.7 Å². The number of carbonyl (C=O) groups excluding carboxylic acids is 2. The van der Waals surface area contributed by atoms with Gasteiger partial charge in [-0.15, -0.1) is 0 Å². The first-order valence-corrected chi connectivity index (χ1v) is 9.46. The highest BCUT2D eigenvalue weighted by Crippen LogP contribution is 2.35. The Morgan fingerprint density at radius 2 is 2.08 bits per heavy atom. The number of rotatable bonds is 6. The van der Waals surface area contributed by atoms with E-state index in [1.54, 1.807) is 19.9 Å². The Hall–Kier alpha value is -2.13. The molecule has 0 bridgehead atoms. The molecule has 0 spiro atoms. The van der Waals surface area contributed by atoms with Crippen LogP contribution in [0.4, 0.5) is 5.69 Å². The van der Waals surface area contributed by atoms with Gasteiger partial charge in [-0.3, -0.25) is 9.59 Å². The number of benzene rings is 1. The Labute approximate surface area is 147 Å². The van der Waals surface area contributed by atoms with E-state index in [-0.39, 0.29) is 23.3 Å². The molecule has 0 aromatic heterocycles. The fourth-order valence-corrected chi connectivity index (χ4v) is 3.74. The van der Waals surface area contributed by atoms with Crippen LogP contribution >= 0.6 is 0 Å². The van der Waals surface area contributed by atoms with Gasteiger partial charge >= 0.3 is 0 Å². The lowest BCUT2D eigenvalue weighted by Crippen LogP contribution is -2.39. The molecule has 138 valence electrons. The maximum atomic E-state index is 12.8. The summed E-state index contributed by atoms with van der Waals surface area (Å²) in [5.74, 6) is -0.354. The van der Waals surface area contributed by atoms with E-state index in [2.05, 4.69) is 10.6 Å². The van der Waals surface area contributed by atoms with Gasteiger partial charge in [-0.05, 0) is 31.9 Å². The lowest BCUT2D eigenvalue weighted by Gasteiger charge is -2.25. The van der Waals surface area contributed by atoms with Crippen LogP contribution in [0.5, 0.6) is 5.75 Å². The second-order valence-corrected chi connectivity index (χ2v) is 7.99. The van der Waals surface area contributed by atoms with Crippen LogP contribution in [-0.2, 0) is 19.6 Å². The molecule has 9 heteroatoms. The molecule has 0 saturated heterocycles. The third-order valence-electron chi connectivity index (χ3n) is 3.83. The number of hydrogen-bond donors (Lipinski definition) is 2. The summed E-state index contributed by atoms with van der Waals surface area (Å²) in [5.41, 5.74) is 0.890. The van der Waals surface area contributed by atoms with Gasteiger partial charge in [0.15, 0.2) is 6.10 Å². The Kier molecular flexibility index (Phi) is 5.69. The Morgan fingerprint density at radius 3 is 2.72 bits per heavy atom. The molecular formula is C16H23N3O5S. The maximum Gasteiger partial charge on any atom is 0.265 e. The fourth-order valence-electron chi connectivity index (χ4n) is 2.40. The second-order valence-electron chi connectivity index (χ2n) is 5.97. The predicted molar refractivity (Wildman–Crippen MR) is 93.0 cm³/mol. The molecule has 1 heterocycles. The first-order chi connectivity index (χ1) is 11.7. The number of carbonyl (C=O) groups is 2. The molecule has 2 N–H and O–H groups in total. The van der Waals surface area contributed by atoms with Crippen molar-refractivity contribution in [3.8, 4) is 5.75 Å². The largest absolute Gasteiger partial charge is 0.479 e. The number of amides is 2. The number of nitrogens with zero attached hydrogens (tertiary/aromatic N) is 1. The molecule has 2 rings (SSSR count). The summed E-state index contributed by atoms with van der Waals surface area (Å²) in [5, 5.41) is 5.32. The normalized spacial score (nSPS) is 16.8. The molecule has 25 heavy (non-hydrogen) atoms. The molecule has 8 nitrogen and oxygen atoms in total. The third kappa shape index (κ3) is 4.10. The van der Waals surface area contributed by atoms with Gasteiger partial charge in [0.05, 0.1) is 17.1 Å². The van der Waals surface area contributed by atoms with Crippen LogP contribution in [0.15, 0.2) is 17.0 Å². The Morgan fingerprint density at radius 1 is 1.40 bits per heavy atom. The number of hydrogen-bond acceptors (Lipinski definition) is 5. The number of sulfonamides is 1. The van der Waals surface area contributed by atoms with Crippen LogP contribution in [0.1, 0.15) is 25.8 Å².